The first-order chi connectivity index (χ1) is 10.2. The van der Waals surface area contributed by atoms with Crippen LogP contribution in [0.2, 0.25) is 0 Å². The minimum atomic E-state index is 0.619. The van der Waals surface area contributed by atoms with E-state index in [1.807, 2.05) is 6.92 Å². The van der Waals surface area contributed by atoms with Crippen molar-refractivity contribution in [1.29, 1.82) is 0 Å². The van der Waals surface area contributed by atoms with E-state index in [4.69, 9.17) is 18.9 Å². The summed E-state index contributed by atoms with van der Waals surface area (Å²) in [6, 6.07) is 0. The summed E-state index contributed by atoms with van der Waals surface area (Å²) >= 11 is 0. The highest BCUT2D eigenvalue weighted by atomic mass is 16.6. The van der Waals surface area contributed by atoms with Gasteiger partial charge in [-0.25, -0.2) is 0 Å². The zero-order valence-electron chi connectivity index (χ0n) is 14.6. The highest BCUT2D eigenvalue weighted by molar-refractivity contribution is 4.39. The topological polar surface area (TPSA) is 36.9 Å². The van der Waals surface area contributed by atoms with E-state index in [9.17, 15) is 0 Å². The van der Waals surface area contributed by atoms with Gasteiger partial charge in [-0.2, -0.15) is 0 Å². The summed E-state index contributed by atoms with van der Waals surface area (Å²) in [6.07, 6.45) is 0. The van der Waals surface area contributed by atoms with Gasteiger partial charge in [-0.1, -0.05) is 0 Å². The monoisotopic (exact) mass is 306 g/mol. The number of likely N-dealkylation sites (N-methyl/N-ethyl adjacent to an activating group) is 1. The van der Waals surface area contributed by atoms with E-state index in [0.29, 0.717) is 39.6 Å². The molecule has 5 nitrogen and oxygen atoms in total. The van der Waals surface area contributed by atoms with Crippen LogP contribution in [0.25, 0.3) is 0 Å². The number of nitrogens with zero attached hydrogens (tertiary/aromatic N) is 1. The maximum atomic E-state index is 5.65. The number of ether oxygens (including phenoxy) is 4. The average Bonchev–Trinajstić information content (AvgIpc) is 2.53. The van der Waals surface area contributed by atoms with Gasteiger partial charge in [0.2, 0.25) is 0 Å². The van der Waals surface area contributed by atoms with Crippen molar-refractivity contribution in [2.75, 3.05) is 79.0 Å². The molecular weight excluding hydrogens is 270 g/mol. The zero-order chi connectivity index (χ0) is 15.8. The molecule has 0 aromatic heterocycles. The molecule has 0 saturated carbocycles. The molecule has 128 valence electrons. The minimum absolute atomic E-state index is 0.619. The predicted octanol–water partition coefficient (Wildman–Crippen LogP) is 1.95. The predicted molar refractivity (Wildman–Crippen MR) is 85.7 cm³/mol. The van der Waals surface area contributed by atoms with Crippen molar-refractivity contribution < 1.29 is 23.4 Å². The first kappa shape index (κ1) is 20.8. The van der Waals surface area contributed by atoms with Crippen molar-refractivity contribution in [3.8, 4) is 0 Å². The normalized spacial score (nSPS) is 12.0. The second-order valence-electron chi connectivity index (χ2n) is 5.05. The van der Waals surface area contributed by atoms with Crippen molar-refractivity contribution in [2.45, 2.75) is 27.7 Å². The van der Waals surface area contributed by atoms with Crippen LogP contribution in [0.4, 0.5) is 0 Å². The molecule has 0 aliphatic rings. The van der Waals surface area contributed by atoms with E-state index in [1.165, 1.54) is 19.6 Å². The summed E-state index contributed by atoms with van der Waals surface area (Å²) in [5.74, 6) is 0. The lowest BCUT2D eigenvalue weighted by Crippen LogP contribution is -2.49. The largest absolute Gasteiger partial charge is 0.379 e. The van der Waals surface area contributed by atoms with Crippen LogP contribution in [0.5, 0.6) is 0 Å². The van der Waals surface area contributed by atoms with E-state index < -0.39 is 0 Å². The van der Waals surface area contributed by atoms with Gasteiger partial charge in [0.05, 0.1) is 65.9 Å². The van der Waals surface area contributed by atoms with Gasteiger partial charge in [-0.15, -0.1) is 0 Å². The highest BCUT2D eigenvalue weighted by Gasteiger charge is 2.19. The van der Waals surface area contributed by atoms with Crippen LogP contribution in [-0.2, 0) is 18.9 Å². The Morgan fingerprint density at radius 1 is 0.524 bits per heavy atom. The van der Waals surface area contributed by atoms with Gasteiger partial charge in [0.1, 0.15) is 6.54 Å². The van der Waals surface area contributed by atoms with E-state index in [-0.39, 0.29) is 0 Å². The second kappa shape index (κ2) is 14.7. The summed E-state index contributed by atoms with van der Waals surface area (Å²) in [7, 11) is 0. The van der Waals surface area contributed by atoms with Crippen molar-refractivity contribution in [2.24, 2.45) is 0 Å². The molecule has 0 rings (SSSR count). The van der Waals surface area contributed by atoms with E-state index >= 15 is 0 Å². The second-order valence-corrected chi connectivity index (χ2v) is 5.05. The van der Waals surface area contributed by atoms with Crippen LogP contribution in [-0.4, -0.2) is 83.5 Å². The number of hydrogen-bond acceptors (Lipinski definition) is 4. The van der Waals surface area contributed by atoms with Gasteiger partial charge < -0.3 is 23.4 Å². The zero-order valence-corrected chi connectivity index (χ0v) is 14.6. The fourth-order valence-electron chi connectivity index (χ4n) is 2.21. The van der Waals surface area contributed by atoms with Crippen molar-refractivity contribution in [3.63, 3.8) is 0 Å². The molecule has 0 amide bonds. The molecule has 0 atom stereocenters. The third-order valence-corrected chi connectivity index (χ3v) is 4.04. The fourth-order valence-corrected chi connectivity index (χ4v) is 2.21. The Labute approximate surface area is 131 Å². The molecule has 0 spiro atoms. The molecule has 0 radical (unpaired) electrons. The Balaban J connectivity index is 3.29. The molecule has 0 fully saturated rings. The van der Waals surface area contributed by atoms with Crippen LogP contribution >= 0.6 is 0 Å². The van der Waals surface area contributed by atoms with E-state index in [1.54, 1.807) is 0 Å². The van der Waals surface area contributed by atoms with Crippen molar-refractivity contribution in [3.05, 3.63) is 0 Å². The maximum Gasteiger partial charge on any atom is 0.102 e. The number of quaternary nitrogens is 1. The van der Waals surface area contributed by atoms with Gasteiger partial charge in [0, 0.05) is 6.61 Å². The Bertz CT molecular complexity index is 202. The minimum Gasteiger partial charge on any atom is -0.379 e. The van der Waals surface area contributed by atoms with Gasteiger partial charge >= 0.3 is 0 Å². The standard InChI is InChI=1S/C16H36NO4/c1-5-17(6-2,7-3)9-10-19-13-14-21-16-15-20-12-11-18-8-4/h5-16H2,1-4H3/q+1. The molecule has 0 bridgehead atoms. The molecule has 0 unspecified atom stereocenters. The molecule has 0 aromatic carbocycles. The number of hydrogen-bond donors (Lipinski definition) is 0. The summed E-state index contributed by atoms with van der Waals surface area (Å²) in [5.41, 5.74) is 0. The fraction of sp³-hybridized carbons (Fsp3) is 1.00. The summed E-state index contributed by atoms with van der Waals surface area (Å²) < 4.78 is 22.8. The molecule has 0 saturated heterocycles. The molecule has 0 aromatic rings. The SMILES string of the molecule is CCOCCOCCOCCOCC[N+](CC)(CC)CC. The Morgan fingerprint density at radius 3 is 1.29 bits per heavy atom. The van der Waals surface area contributed by atoms with Gasteiger partial charge in [-0.05, 0) is 27.7 Å². The summed E-state index contributed by atoms with van der Waals surface area (Å²) in [6.45, 7) is 18.7. The lowest BCUT2D eigenvalue weighted by atomic mass is 10.3. The van der Waals surface area contributed by atoms with Crippen LogP contribution in [0.15, 0.2) is 0 Å². The lowest BCUT2D eigenvalue weighted by Gasteiger charge is -2.35. The molecule has 0 N–H and O–H groups in total. The highest BCUT2D eigenvalue weighted by Crippen LogP contribution is 2.04. The first-order valence-corrected chi connectivity index (χ1v) is 8.40. The van der Waals surface area contributed by atoms with Crippen LogP contribution in [0, 0.1) is 0 Å². The van der Waals surface area contributed by atoms with Crippen LogP contribution in [0.1, 0.15) is 27.7 Å². The molecular formula is C16H36NO4+. The van der Waals surface area contributed by atoms with E-state index in [2.05, 4.69) is 20.8 Å². The third-order valence-electron chi connectivity index (χ3n) is 4.04. The van der Waals surface area contributed by atoms with Crippen LogP contribution in [0.3, 0.4) is 0 Å². The summed E-state index contributed by atoms with van der Waals surface area (Å²) in [5, 5.41) is 0. The maximum absolute atomic E-state index is 5.65. The van der Waals surface area contributed by atoms with E-state index in [0.717, 1.165) is 24.2 Å². The molecule has 0 aliphatic heterocycles. The quantitative estimate of drug-likeness (QED) is 0.323. The first-order valence-electron chi connectivity index (χ1n) is 8.40. The molecule has 0 heterocycles. The molecule has 0 aliphatic carbocycles. The van der Waals surface area contributed by atoms with Crippen LogP contribution < -0.4 is 0 Å². The van der Waals surface area contributed by atoms with Crippen molar-refractivity contribution in [1.82, 2.24) is 0 Å². The molecule has 5 heteroatoms. The summed E-state index contributed by atoms with van der Waals surface area (Å²) in [4.78, 5) is 0. The Morgan fingerprint density at radius 2 is 0.905 bits per heavy atom. The van der Waals surface area contributed by atoms with Gasteiger partial charge in [-0.3, -0.25) is 0 Å². The smallest absolute Gasteiger partial charge is 0.102 e. The lowest BCUT2D eigenvalue weighted by molar-refractivity contribution is -0.923. The molecule has 21 heavy (non-hydrogen) atoms. The van der Waals surface area contributed by atoms with Crippen molar-refractivity contribution >= 4 is 0 Å². The van der Waals surface area contributed by atoms with Gasteiger partial charge in [0.15, 0.2) is 0 Å². The Hall–Kier alpha value is -0.200. The number of rotatable bonds is 16. The third kappa shape index (κ3) is 11.1. The average molecular weight is 306 g/mol. The van der Waals surface area contributed by atoms with Gasteiger partial charge in [0.25, 0.3) is 0 Å². The Kier molecular flexibility index (Phi) is 14.6.